The van der Waals surface area contributed by atoms with Crippen LogP contribution in [-0.4, -0.2) is 36.5 Å². The third-order valence-electron chi connectivity index (χ3n) is 6.52. The summed E-state index contributed by atoms with van der Waals surface area (Å²) in [6, 6.07) is 0.462. The monoisotopic (exact) mass is 283 g/mol. The maximum Gasteiger partial charge on any atom is 0.0897 e. The van der Waals surface area contributed by atoms with Crippen LogP contribution in [0.3, 0.4) is 0 Å². The third-order valence-corrected chi connectivity index (χ3v) is 6.52. The topological polar surface area (TPSA) is 41.5 Å². The lowest BCUT2D eigenvalue weighted by molar-refractivity contribution is -0.0744. The number of rotatable bonds is 7. The number of nitrogens with one attached hydrogen (secondary N) is 1. The molecule has 2 aliphatic carbocycles. The molecule has 2 saturated carbocycles. The lowest BCUT2D eigenvalue weighted by atomic mass is 9.70. The summed E-state index contributed by atoms with van der Waals surface area (Å²) in [4.78, 5) is 0. The van der Waals surface area contributed by atoms with E-state index in [1.54, 1.807) is 0 Å². The molecule has 2 rings (SSSR count). The van der Waals surface area contributed by atoms with Crippen LogP contribution in [-0.2, 0) is 4.74 Å². The molecule has 118 valence electrons. The predicted octanol–water partition coefficient (Wildman–Crippen LogP) is 2.97. The Kier molecular flexibility index (Phi) is 4.83. The normalized spacial score (nSPS) is 38.1. The second kappa shape index (κ2) is 5.94. The third kappa shape index (κ3) is 2.77. The lowest BCUT2D eigenvalue weighted by Gasteiger charge is -2.39. The van der Waals surface area contributed by atoms with Crippen LogP contribution >= 0.6 is 0 Å². The van der Waals surface area contributed by atoms with Crippen molar-refractivity contribution in [3.05, 3.63) is 0 Å². The van der Waals surface area contributed by atoms with E-state index < -0.39 is 6.10 Å². The van der Waals surface area contributed by atoms with Crippen molar-refractivity contribution in [2.45, 2.75) is 78.6 Å². The summed E-state index contributed by atoms with van der Waals surface area (Å²) in [5.41, 5.74) is 0.680. The van der Waals surface area contributed by atoms with Crippen LogP contribution in [0.15, 0.2) is 0 Å². The summed E-state index contributed by atoms with van der Waals surface area (Å²) in [5, 5.41) is 13.4. The molecule has 2 N–H and O–H groups in total. The molecule has 0 radical (unpaired) electrons. The van der Waals surface area contributed by atoms with Crippen molar-refractivity contribution in [1.29, 1.82) is 0 Å². The molecule has 0 unspecified atom stereocenters. The molecule has 0 aromatic carbocycles. The van der Waals surface area contributed by atoms with Crippen molar-refractivity contribution in [3.8, 4) is 0 Å². The van der Waals surface area contributed by atoms with Gasteiger partial charge in [0.05, 0.1) is 18.8 Å². The highest BCUT2D eigenvalue weighted by molar-refractivity contribution is 5.11. The molecule has 5 atom stereocenters. The van der Waals surface area contributed by atoms with E-state index in [-0.39, 0.29) is 0 Å². The van der Waals surface area contributed by atoms with Crippen molar-refractivity contribution in [2.24, 2.45) is 16.7 Å². The van der Waals surface area contributed by atoms with Gasteiger partial charge in [-0.3, -0.25) is 0 Å². The van der Waals surface area contributed by atoms with Crippen LogP contribution in [0, 0.1) is 16.7 Å². The van der Waals surface area contributed by atoms with E-state index in [9.17, 15) is 5.11 Å². The first-order valence-electron chi connectivity index (χ1n) is 8.34. The Morgan fingerprint density at radius 2 is 2.05 bits per heavy atom. The molecule has 3 nitrogen and oxygen atoms in total. The molecule has 20 heavy (non-hydrogen) atoms. The molecule has 2 bridgehead atoms. The average molecular weight is 283 g/mol. The zero-order valence-electron chi connectivity index (χ0n) is 13.9. The van der Waals surface area contributed by atoms with Crippen molar-refractivity contribution in [2.75, 3.05) is 13.2 Å². The van der Waals surface area contributed by atoms with E-state index in [1.165, 1.54) is 19.3 Å². The van der Waals surface area contributed by atoms with Gasteiger partial charge in [-0.1, -0.05) is 27.7 Å². The van der Waals surface area contributed by atoms with Crippen molar-refractivity contribution >= 4 is 0 Å². The van der Waals surface area contributed by atoms with Gasteiger partial charge in [-0.2, -0.15) is 0 Å². The van der Waals surface area contributed by atoms with Gasteiger partial charge in [0.1, 0.15) is 0 Å². The van der Waals surface area contributed by atoms with Crippen LogP contribution in [0.5, 0.6) is 0 Å². The van der Waals surface area contributed by atoms with Crippen LogP contribution in [0.4, 0.5) is 0 Å². The number of aliphatic hydroxyl groups excluding tert-OH is 1. The molecular formula is C17H33NO2. The smallest absolute Gasteiger partial charge is 0.0897 e. The summed E-state index contributed by atoms with van der Waals surface area (Å²) in [7, 11) is 0. The zero-order chi connectivity index (χ0) is 15.0. The first kappa shape index (κ1) is 16.3. The van der Waals surface area contributed by atoms with Crippen molar-refractivity contribution in [1.82, 2.24) is 5.32 Å². The Hall–Kier alpha value is -0.120. The van der Waals surface area contributed by atoms with Gasteiger partial charge < -0.3 is 15.2 Å². The summed E-state index contributed by atoms with van der Waals surface area (Å²) in [6.45, 7) is 12.6. The number of aliphatic hydroxyl groups is 1. The largest absolute Gasteiger partial charge is 0.389 e. The summed E-state index contributed by atoms with van der Waals surface area (Å²) < 4.78 is 6.11. The van der Waals surface area contributed by atoms with E-state index in [0.717, 1.165) is 12.3 Å². The van der Waals surface area contributed by atoms with E-state index >= 15 is 0 Å². The molecule has 0 aromatic rings. The number of hydrogen-bond acceptors (Lipinski definition) is 3. The Morgan fingerprint density at radius 1 is 1.35 bits per heavy atom. The van der Waals surface area contributed by atoms with E-state index in [4.69, 9.17) is 4.74 Å². The Bertz CT molecular complexity index is 331. The fourth-order valence-corrected chi connectivity index (χ4v) is 4.15. The van der Waals surface area contributed by atoms with Crippen molar-refractivity contribution in [3.63, 3.8) is 0 Å². The van der Waals surface area contributed by atoms with E-state index in [1.807, 2.05) is 0 Å². The minimum absolute atomic E-state index is 0.293. The van der Waals surface area contributed by atoms with Gasteiger partial charge in [0.25, 0.3) is 0 Å². The van der Waals surface area contributed by atoms with Crippen LogP contribution in [0.2, 0.25) is 0 Å². The highest BCUT2D eigenvalue weighted by Crippen LogP contribution is 2.66. The maximum absolute atomic E-state index is 10.1. The SMILES string of the molecule is CC[C@H](C)NC[C@@H](O)CO[C@@H]1C[C@H]2CC[C@@]1(C)C2(C)C. The standard InChI is InChI=1S/C17H33NO2/c1-6-12(2)18-10-14(19)11-20-15-9-13-7-8-17(15,5)16(13,3)4/h12-15,18-19H,6-11H2,1-5H3/t12-,13+,14+,15+,17+/m0/s1. The summed E-state index contributed by atoms with van der Waals surface area (Å²) in [5.74, 6) is 0.799. The van der Waals surface area contributed by atoms with Gasteiger partial charge in [-0.25, -0.2) is 0 Å². The van der Waals surface area contributed by atoms with Crippen molar-refractivity contribution < 1.29 is 9.84 Å². The molecule has 0 spiro atoms. The zero-order valence-corrected chi connectivity index (χ0v) is 13.9. The molecule has 2 aliphatic rings. The highest BCUT2D eigenvalue weighted by atomic mass is 16.5. The number of fused-ring (bicyclic) bond motifs is 2. The lowest BCUT2D eigenvalue weighted by Crippen LogP contribution is -2.40. The van der Waals surface area contributed by atoms with Crippen LogP contribution in [0.1, 0.15) is 60.3 Å². The molecular weight excluding hydrogens is 250 g/mol. The Balaban J connectivity index is 1.78. The quantitative estimate of drug-likeness (QED) is 0.755. The molecule has 2 fully saturated rings. The van der Waals surface area contributed by atoms with Gasteiger partial charge in [-0.15, -0.1) is 0 Å². The molecule has 0 amide bonds. The van der Waals surface area contributed by atoms with Gasteiger partial charge in [0.15, 0.2) is 0 Å². The van der Waals surface area contributed by atoms with E-state index in [0.29, 0.717) is 36.1 Å². The minimum atomic E-state index is -0.394. The van der Waals surface area contributed by atoms with Gasteiger partial charge in [0, 0.05) is 12.6 Å². The van der Waals surface area contributed by atoms with Crippen LogP contribution in [0.25, 0.3) is 0 Å². The predicted molar refractivity (Wildman–Crippen MR) is 82.7 cm³/mol. The fraction of sp³-hybridized carbons (Fsp3) is 1.00. The maximum atomic E-state index is 10.1. The highest BCUT2D eigenvalue weighted by Gasteiger charge is 2.61. The summed E-state index contributed by atoms with van der Waals surface area (Å²) >= 11 is 0. The van der Waals surface area contributed by atoms with Crippen LogP contribution < -0.4 is 5.32 Å². The van der Waals surface area contributed by atoms with E-state index in [2.05, 4.69) is 39.9 Å². The molecule has 0 aromatic heterocycles. The average Bonchev–Trinajstić information content (AvgIpc) is 2.75. The first-order valence-corrected chi connectivity index (χ1v) is 8.34. The van der Waals surface area contributed by atoms with Gasteiger partial charge in [-0.05, 0) is 49.4 Å². The molecule has 0 heterocycles. The second-order valence-corrected chi connectivity index (χ2v) is 7.80. The molecule has 3 heteroatoms. The number of hydrogen-bond donors (Lipinski definition) is 2. The van der Waals surface area contributed by atoms with Gasteiger partial charge >= 0.3 is 0 Å². The molecule has 0 saturated heterocycles. The Labute approximate surface area is 124 Å². The summed E-state index contributed by atoms with van der Waals surface area (Å²) in [6.07, 6.45) is 4.82. The second-order valence-electron chi connectivity index (χ2n) is 7.80. The number of ether oxygens (including phenoxy) is 1. The molecule has 0 aliphatic heterocycles. The first-order chi connectivity index (χ1) is 9.31. The Morgan fingerprint density at radius 3 is 2.55 bits per heavy atom. The minimum Gasteiger partial charge on any atom is -0.389 e. The van der Waals surface area contributed by atoms with Gasteiger partial charge in [0.2, 0.25) is 0 Å². The fourth-order valence-electron chi connectivity index (χ4n) is 4.15.